The van der Waals surface area contributed by atoms with Crippen LogP contribution in [0.2, 0.25) is 0 Å². The van der Waals surface area contributed by atoms with Crippen molar-refractivity contribution in [1.29, 1.82) is 0 Å². The maximum absolute atomic E-state index is 13.0. The number of nitrogens with one attached hydrogen (secondary N) is 1. The summed E-state index contributed by atoms with van der Waals surface area (Å²) in [6.07, 6.45) is -9.54. The van der Waals surface area contributed by atoms with Crippen molar-refractivity contribution < 1.29 is 40.8 Å². The molecule has 1 aromatic heterocycles. The first-order valence-corrected chi connectivity index (χ1v) is 7.39. The van der Waals surface area contributed by atoms with Gasteiger partial charge in [0.15, 0.2) is 5.69 Å². The van der Waals surface area contributed by atoms with Crippen LogP contribution in [0.3, 0.4) is 0 Å². The molecule has 0 unspecified atom stereocenters. The number of hydrogen-bond donors (Lipinski definition) is 2. The van der Waals surface area contributed by atoms with Gasteiger partial charge in [-0.05, 0) is 23.2 Å². The van der Waals surface area contributed by atoms with Crippen molar-refractivity contribution in [2.75, 3.05) is 5.32 Å². The standard InChI is InChI=1S/C14H10BF6N3O3/c16-13(17,18)6-24-4-9(11(23-24)14(19,20)21)12(25)22-8-2-1-7-5-27-15(26)10(7)3-8/h1-4,26H,5-6H2,(H,22,25). The fourth-order valence-electron chi connectivity index (χ4n) is 2.55. The molecule has 1 aliphatic heterocycles. The van der Waals surface area contributed by atoms with E-state index in [0.29, 0.717) is 17.2 Å². The third-order valence-corrected chi connectivity index (χ3v) is 3.68. The van der Waals surface area contributed by atoms with Crippen LogP contribution in [0.1, 0.15) is 21.6 Å². The Bertz CT molecular complexity index is 880. The van der Waals surface area contributed by atoms with Crippen LogP contribution in [0.4, 0.5) is 32.0 Å². The zero-order valence-electron chi connectivity index (χ0n) is 13.2. The summed E-state index contributed by atoms with van der Waals surface area (Å²) in [5.74, 6) is -1.29. The first-order valence-electron chi connectivity index (χ1n) is 7.39. The lowest BCUT2D eigenvalue weighted by atomic mass is 9.79. The van der Waals surface area contributed by atoms with Gasteiger partial charge in [0.25, 0.3) is 5.91 Å². The van der Waals surface area contributed by atoms with Crippen LogP contribution in [0.5, 0.6) is 0 Å². The van der Waals surface area contributed by atoms with Crippen molar-refractivity contribution in [3.63, 3.8) is 0 Å². The van der Waals surface area contributed by atoms with Gasteiger partial charge >= 0.3 is 19.5 Å². The number of rotatable bonds is 3. The molecule has 6 nitrogen and oxygen atoms in total. The SMILES string of the molecule is O=C(Nc1ccc2c(c1)B(O)OC2)c1cn(CC(F)(F)F)nc1C(F)(F)F. The average Bonchev–Trinajstić information content (AvgIpc) is 3.10. The van der Waals surface area contributed by atoms with E-state index in [9.17, 15) is 36.2 Å². The molecule has 1 aliphatic rings. The molecule has 0 saturated carbocycles. The van der Waals surface area contributed by atoms with E-state index in [1.165, 1.54) is 18.2 Å². The topological polar surface area (TPSA) is 76.4 Å². The Morgan fingerprint density at radius 2 is 2.00 bits per heavy atom. The lowest BCUT2D eigenvalue weighted by Crippen LogP contribution is -2.28. The Morgan fingerprint density at radius 1 is 1.30 bits per heavy atom. The number of halogens is 6. The second kappa shape index (κ2) is 6.57. The van der Waals surface area contributed by atoms with E-state index in [1.54, 1.807) is 0 Å². The first kappa shape index (κ1) is 19.2. The quantitative estimate of drug-likeness (QED) is 0.618. The minimum absolute atomic E-state index is 0.0119. The number of nitrogens with zero attached hydrogens (tertiary/aromatic N) is 2. The minimum atomic E-state index is -5.12. The number of aromatic nitrogens is 2. The van der Waals surface area contributed by atoms with Gasteiger partial charge in [-0.2, -0.15) is 31.4 Å². The number of fused-ring (bicyclic) bond motifs is 1. The largest absolute Gasteiger partial charge is 0.491 e. The van der Waals surface area contributed by atoms with Gasteiger partial charge in [-0.15, -0.1) is 0 Å². The van der Waals surface area contributed by atoms with Crippen molar-refractivity contribution in [3.05, 3.63) is 41.2 Å². The molecule has 1 amide bonds. The molecule has 0 spiro atoms. The number of carbonyl (C=O) groups is 1. The molecule has 0 atom stereocenters. The highest BCUT2D eigenvalue weighted by Crippen LogP contribution is 2.32. The van der Waals surface area contributed by atoms with Crippen molar-refractivity contribution in [2.45, 2.75) is 25.5 Å². The number of anilines is 1. The predicted octanol–water partition coefficient (Wildman–Crippen LogP) is 1.93. The first-order chi connectivity index (χ1) is 12.4. The van der Waals surface area contributed by atoms with Gasteiger partial charge in [0.05, 0.1) is 12.2 Å². The lowest BCUT2D eigenvalue weighted by molar-refractivity contribution is -0.149. The third kappa shape index (κ3) is 4.25. The van der Waals surface area contributed by atoms with Gasteiger partial charge in [0.2, 0.25) is 0 Å². The zero-order valence-corrected chi connectivity index (χ0v) is 13.2. The Kier molecular flexibility index (Phi) is 4.68. The van der Waals surface area contributed by atoms with Crippen LogP contribution in [-0.2, 0) is 24.0 Å². The normalized spacial score (nSPS) is 14.4. The molecule has 3 rings (SSSR count). The van der Waals surface area contributed by atoms with Gasteiger partial charge in [-0.25, -0.2) is 0 Å². The van der Waals surface area contributed by atoms with E-state index in [4.69, 9.17) is 4.65 Å². The van der Waals surface area contributed by atoms with Crippen molar-refractivity contribution in [1.82, 2.24) is 9.78 Å². The van der Waals surface area contributed by atoms with Crippen LogP contribution in [-0.4, -0.2) is 34.0 Å². The zero-order chi connectivity index (χ0) is 20.0. The fraction of sp³-hybridized carbons (Fsp3) is 0.286. The molecular formula is C14H10BF6N3O3. The van der Waals surface area contributed by atoms with Crippen LogP contribution in [0.25, 0.3) is 0 Å². The third-order valence-electron chi connectivity index (χ3n) is 3.68. The van der Waals surface area contributed by atoms with Gasteiger partial charge in [-0.1, -0.05) is 6.07 Å². The number of benzene rings is 1. The van der Waals surface area contributed by atoms with E-state index in [2.05, 4.69) is 10.4 Å². The smallest absolute Gasteiger partial charge is 0.423 e. The second-order valence-electron chi connectivity index (χ2n) is 5.73. The molecule has 2 N–H and O–H groups in total. The van der Waals surface area contributed by atoms with Crippen LogP contribution in [0.15, 0.2) is 24.4 Å². The summed E-state index contributed by atoms with van der Waals surface area (Å²) in [6, 6.07) is 4.17. The second-order valence-corrected chi connectivity index (χ2v) is 5.73. The summed E-state index contributed by atoms with van der Waals surface area (Å²) in [5, 5.41) is 14.6. The highest BCUT2D eigenvalue weighted by Gasteiger charge is 2.40. The molecular weight excluding hydrogens is 383 g/mol. The molecule has 0 aliphatic carbocycles. The Labute approximate surface area is 147 Å². The van der Waals surface area contributed by atoms with Crippen LogP contribution in [0, 0.1) is 0 Å². The van der Waals surface area contributed by atoms with E-state index < -0.39 is 43.2 Å². The van der Waals surface area contributed by atoms with E-state index in [-0.39, 0.29) is 17.0 Å². The highest BCUT2D eigenvalue weighted by molar-refractivity contribution is 6.61. The average molecular weight is 393 g/mol. The molecule has 2 aromatic rings. The summed E-state index contributed by atoms with van der Waals surface area (Å²) >= 11 is 0. The maximum atomic E-state index is 13.0. The van der Waals surface area contributed by atoms with E-state index in [0.717, 1.165) is 0 Å². The van der Waals surface area contributed by atoms with E-state index >= 15 is 0 Å². The van der Waals surface area contributed by atoms with Crippen molar-refractivity contribution >= 4 is 24.2 Å². The van der Waals surface area contributed by atoms with E-state index in [1.807, 2.05) is 0 Å². The summed E-state index contributed by atoms with van der Waals surface area (Å²) in [5.41, 5.74) is -1.77. The highest BCUT2D eigenvalue weighted by atomic mass is 19.4. The number of hydrogen-bond acceptors (Lipinski definition) is 4. The summed E-state index contributed by atoms with van der Waals surface area (Å²) < 4.78 is 81.3. The Hall–Kier alpha value is -2.54. The summed E-state index contributed by atoms with van der Waals surface area (Å²) in [6.45, 7) is -1.64. The molecule has 27 heavy (non-hydrogen) atoms. The molecule has 0 radical (unpaired) electrons. The molecule has 144 valence electrons. The number of amides is 1. The van der Waals surface area contributed by atoms with Crippen molar-refractivity contribution in [3.8, 4) is 0 Å². The fourth-order valence-corrected chi connectivity index (χ4v) is 2.55. The molecule has 1 aromatic carbocycles. The van der Waals surface area contributed by atoms with Crippen LogP contribution >= 0.6 is 0 Å². The Morgan fingerprint density at radius 3 is 2.63 bits per heavy atom. The molecule has 0 fully saturated rings. The lowest BCUT2D eigenvalue weighted by Gasteiger charge is -2.08. The molecule has 13 heteroatoms. The maximum Gasteiger partial charge on any atom is 0.491 e. The summed E-state index contributed by atoms with van der Waals surface area (Å²) in [7, 11) is -1.24. The molecule has 0 bridgehead atoms. The van der Waals surface area contributed by atoms with Crippen LogP contribution < -0.4 is 10.8 Å². The summed E-state index contributed by atoms with van der Waals surface area (Å²) in [4.78, 5) is 12.2. The Balaban J connectivity index is 1.89. The number of alkyl halides is 6. The molecule has 0 saturated heterocycles. The molecule has 2 heterocycles. The van der Waals surface area contributed by atoms with Crippen molar-refractivity contribution in [2.24, 2.45) is 0 Å². The number of carbonyl (C=O) groups excluding carboxylic acids is 1. The monoisotopic (exact) mass is 393 g/mol. The van der Waals surface area contributed by atoms with Gasteiger partial charge < -0.3 is 15.0 Å². The minimum Gasteiger partial charge on any atom is -0.423 e. The van der Waals surface area contributed by atoms with Gasteiger partial charge in [0.1, 0.15) is 6.54 Å². The predicted molar refractivity (Wildman–Crippen MR) is 80.1 cm³/mol. The van der Waals surface area contributed by atoms with Gasteiger partial charge in [-0.3, -0.25) is 9.48 Å². The van der Waals surface area contributed by atoms with Gasteiger partial charge in [0, 0.05) is 11.9 Å².